The summed E-state index contributed by atoms with van der Waals surface area (Å²) < 4.78 is 32.3. The fourth-order valence-electron chi connectivity index (χ4n) is 2.56. The zero-order chi connectivity index (χ0) is 19.2. The lowest BCUT2D eigenvalue weighted by molar-refractivity contribution is 0.132. The Labute approximate surface area is 160 Å². The predicted molar refractivity (Wildman–Crippen MR) is 98.0 cm³/mol. The Morgan fingerprint density at radius 3 is 2.54 bits per heavy atom. The van der Waals surface area contributed by atoms with Crippen LogP contribution >= 0.6 is 15.9 Å². The smallest absolute Gasteiger partial charge is 0.415 e. The summed E-state index contributed by atoms with van der Waals surface area (Å²) >= 11 is 3.29. The van der Waals surface area contributed by atoms with Crippen LogP contribution < -0.4 is 11.1 Å². The maximum absolute atomic E-state index is 12.7. The second-order valence-electron chi connectivity index (χ2n) is 5.68. The molecule has 0 radical (unpaired) electrons. The van der Waals surface area contributed by atoms with Crippen LogP contribution in [0, 0.1) is 0 Å². The highest BCUT2D eigenvalue weighted by atomic mass is 79.9. The largest absolute Gasteiger partial charge is 0.449 e. The first-order valence-electron chi connectivity index (χ1n) is 8.00. The first kappa shape index (κ1) is 20.6. The van der Waals surface area contributed by atoms with Crippen molar-refractivity contribution in [3.8, 4) is 0 Å². The minimum absolute atomic E-state index is 0.148. The second-order valence-corrected chi connectivity index (χ2v) is 8.54. The molecule has 0 unspecified atom stereocenters. The number of hydrogen-bond donors (Lipinski definition) is 2. The molecule has 11 heteroatoms. The molecule has 144 valence electrons. The third-order valence-corrected chi connectivity index (χ3v) is 6.23. The lowest BCUT2D eigenvalue weighted by Crippen LogP contribution is -2.48. The molecule has 1 aromatic carbocycles. The number of halogens is 1. The van der Waals surface area contributed by atoms with Gasteiger partial charge in [-0.3, -0.25) is 0 Å². The summed E-state index contributed by atoms with van der Waals surface area (Å²) in [5.41, 5.74) is 4.80. The van der Waals surface area contributed by atoms with E-state index in [1.807, 2.05) is 5.32 Å². The van der Waals surface area contributed by atoms with Gasteiger partial charge in [0, 0.05) is 37.2 Å². The van der Waals surface area contributed by atoms with Crippen molar-refractivity contribution in [1.29, 1.82) is 0 Å². The number of nitrogens with zero attached hydrogens (tertiary/aromatic N) is 2. The summed E-state index contributed by atoms with van der Waals surface area (Å²) in [6, 6.07) is 5.69. The van der Waals surface area contributed by atoms with Gasteiger partial charge in [-0.1, -0.05) is 22.0 Å². The van der Waals surface area contributed by atoms with Gasteiger partial charge in [0.25, 0.3) is 0 Å². The van der Waals surface area contributed by atoms with Crippen LogP contribution in [-0.2, 0) is 14.8 Å². The van der Waals surface area contributed by atoms with Crippen molar-refractivity contribution in [2.24, 2.45) is 5.73 Å². The number of hydrogen-bond acceptors (Lipinski definition) is 6. The molecule has 1 aliphatic rings. The molecule has 0 aromatic heterocycles. The molecule has 1 aliphatic heterocycles. The molecule has 2 rings (SSSR count). The molecular formula is C15H21BrN4O5S. The number of imide groups is 1. The first-order valence-corrected chi connectivity index (χ1v) is 10.2. The molecule has 1 saturated heterocycles. The van der Waals surface area contributed by atoms with Crippen LogP contribution in [0.5, 0.6) is 0 Å². The molecule has 1 fully saturated rings. The number of alkyl carbamates (subject to hydrolysis) is 1. The van der Waals surface area contributed by atoms with Gasteiger partial charge in [0.2, 0.25) is 10.0 Å². The summed E-state index contributed by atoms with van der Waals surface area (Å²) in [6.45, 7) is 2.81. The molecule has 1 aromatic rings. The number of nitrogens with one attached hydrogen (secondary N) is 1. The lowest BCUT2D eigenvalue weighted by atomic mass is 10.3. The van der Waals surface area contributed by atoms with E-state index >= 15 is 0 Å². The van der Waals surface area contributed by atoms with Gasteiger partial charge in [0.15, 0.2) is 0 Å². The van der Waals surface area contributed by atoms with E-state index in [4.69, 9.17) is 10.5 Å². The van der Waals surface area contributed by atoms with Crippen LogP contribution in [-0.4, -0.2) is 69.1 Å². The number of carbonyl (C=O) groups is 2. The molecular weight excluding hydrogens is 428 g/mol. The first-order chi connectivity index (χ1) is 12.3. The highest BCUT2D eigenvalue weighted by molar-refractivity contribution is 9.10. The van der Waals surface area contributed by atoms with Gasteiger partial charge in [-0.15, -0.1) is 0 Å². The van der Waals surface area contributed by atoms with Crippen molar-refractivity contribution in [3.05, 3.63) is 28.7 Å². The van der Waals surface area contributed by atoms with Gasteiger partial charge in [-0.05, 0) is 24.6 Å². The van der Waals surface area contributed by atoms with Crippen LogP contribution in [0.25, 0.3) is 0 Å². The predicted octanol–water partition coefficient (Wildman–Crippen LogP) is 0.950. The van der Waals surface area contributed by atoms with E-state index in [0.717, 1.165) is 4.47 Å². The van der Waals surface area contributed by atoms with Gasteiger partial charge >= 0.3 is 12.1 Å². The Morgan fingerprint density at radius 1 is 1.23 bits per heavy atom. The molecule has 3 amide bonds. The average molecular weight is 449 g/mol. The van der Waals surface area contributed by atoms with Crippen LogP contribution in [0.3, 0.4) is 0 Å². The summed E-state index contributed by atoms with van der Waals surface area (Å²) in [4.78, 5) is 23.9. The number of piperazine rings is 1. The minimum atomic E-state index is -3.50. The lowest BCUT2D eigenvalue weighted by Gasteiger charge is -2.33. The maximum atomic E-state index is 12.7. The average Bonchev–Trinajstić information content (AvgIpc) is 2.58. The fourth-order valence-corrected chi connectivity index (χ4v) is 4.58. The van der Waals surface area contributed by atoms with E-state index in [-0.39, 0.29) is 11.5 Å². The molecule has 1 heterocycles. The van der Waals surface area contributed by atoms with E-state index in [2.05, 4.69) is 20.8 Å². The molecule has 0 spiro atoms. The Morgan fingerprint density at radius 2 is 1.92 bits per heavy atom. The standard InChI is InChI=1S/C15H21BrN4O5S/c16-12-3-1-4-13(11-12)26(23,24)20-8-6-19(7-9-20)5-2-10-25-15(22)18-14(17)21/h1,3-4,11H,2,5-10H2,(H3,17,18,21,22). The highest BCUT2D eigenvalue weighted by Gasteiger charge is 2.28. The molecule has 26 heavy (non-hydrogen) atoms. The van der Waals surface area contributed by atoms with Gasteiger partial charge in [0.05, 0.1) is 11.5 Å². The number of nitrogens with two attached hydrogens (primary N) is 1. The zero-order valence-electron chi connectivity index (χ0n) is 14.1. The highest BCUT2D eigenvalue weighted by Crippen LogP contribution is 2.21. The Bertz CT molecular complexity index is 750. The molecule has 0 atom stereocenters. The van der Waals surface area contributed by atoms with Crippen LogP contribution in [0.1, 0.15) is 6.42 Å². The number of benzene rings is 1. The van der Waals surface area contributed by atoms with Crippen molar-refractivity contribution in [3.63, 3.8) is 0 Å². The molecule has 0 bridgehead atoms. The van der Waals surface area contributed by atoms with E-state index in [1.54, 1.807) is 24.3 Å². The number of rotatable bonds is 6. The van der Waals surface area contributed by atoms with Crippen LogP contribution in [0.4, 0.5) is 9.59 Å². The van der Waals surface area contributed by atoms with E-state index in [1.165, 1.54) is 4.31 Å². The van der Waals surface area contributed by atoms with Crippen molar-refractivity contribution in [2.45, 2.75) is 11.3 Å². The molecule has 9 nitrogen and oxygen atoms in total. The van der Waals surface area contributed by atoms with Crippen molar-refractivity contribution < 1.29 is 22.7 Å². The van der Waals surface area contributed by atoms with Crippen LogP contribution in [0.15, 0.2) is 33.6 Å². The Balaban J connectivity index is 1.75. The van der Waals surface area contributed by atoms with Crippen molar-refractivity contribution in [1.82, 2.24) is 14.5 Å². The maximum Gasteiger partial charge on any atom is 0.415 e. The quantitative estimate of drug-likeness (QED) is 0.624. The number of urea groups is 1. The zero-order valence-corrected chi connectivity index (χ0v) is 16.5. The minimum Gasteiger partial charge on any atom is -0.449 e. The Hall–Kier alpha value is -1.69. The van der Waals surface area contributed by atoms with Gasteiger partial charge in [0.1, 0.15) is 0 Å². The van der Waals surface area contributed by atoms with Gasteiger partial charge < -0.3 is 15.4 Å². The number of sulfonamides is 1. The van der Waals surface area contributed by atoms with Crippen LogP contribution in [0.2, 0.25) is 0 Å². The van der Waals surface area contributed by atoms with Gasteiger partial charge in [-0.2, -0.15) is 4.31 Å². The molecule has 3 N–H and O–H groups in total. The summed E-state index contributed by atoms with van der Waals surface area (Å²) in [5, 5.41) is 1.81. The van der Waals surface area contributed by atoms with Gasteiger partial charge in [-0.25, -0.2) is 23.3 Å². The SMILES string of the molecule is NC(=O)NC(=O)OCCCN1CCN(S(=O)(=O)c2cccc(Br)c2)CC1. The van der Waals surface area contributed by atoms with Crippen molar-refractivity contribution in [2.75, 3.05) is 39.3 Å². The van der Waals surface area contributed by atoms with E-state index in [9.17, 15) is 18.0 Å². The number of primary amides is 1. The second kappa shape index (κ2) is 9.31. The van der Waals surface area contributed by atoms with E-state index < -0.39 is 22.1 Å². The summed E-state index contributed by atoms with van der Waals surface area (Å²) in [6.07, 6.45) is -0.299. The topological polar surface area (TPSA) is 122 Å². The normalized spacial score (nSPS) is 16.2. The monoisotopic (exact) mass is 448 g/mol. The van der Waals surface area contributed by atoms with E-state index in [0.29, 0.717) is 39.1 Å². The summed E-state index contributed by atoms with van der Waals surface area (Å²) in [7, 11) is -3.50. The summed E-state index contributed by atoms with van der Waals surface area (Å²) in [5.74, 6) is 0. The number of carbonyl (C=O) groups excluding carboxylic acids is 2. The number of amides is 3. The third-order valence-electron chi connectivity index (χ3n) is 3.84. The molecule has 0 saturated carbocycles. The fraction of sp³-hybridized carbons (Fsp3) is 0.467. The number of ether oxygens (including phenoxy) is 1. The molecule has 0 aliphatic carbocycles. The van der Waals surface area contributed by atoms with Crippen molar-refractivity contribution >= 4 is 38.1 Å². The third kappa shape index (κ3) is 5.94. The Kier molecular flexibility index (Phi) is 7.38.